The molecule has 0 aromatic heterocycles. The normalized spacial score (nSPS) is 12.0. The van der Waals surface area contributed by atoms with E-state index in [0.717, 1.165) is 10.6 Å². The number of amides is 1. The molecular formula is C17H20N2OS. The van der Waals surface area contributed by atoms with Crippen LogP contribution in [0, 0.1) is 13.8 Å². The Bertz CT molecular complexity index is 638. The van der Waals surface area contributed by atoms with Crippen molar-refractivity contribution in [2.45, 2.75) is 30.9 Å². The van der Waals surface area contributed by atoms with E-state index in [4.69, 9.17) is 5.73 Å². The van der Waals surface area contributed by atoms with Gasteiger partial charge in [-0.1, -0.05) is 6.07 Å². The topological polar surface area (TPSA) is 55.1 Å². The Morgan fingerprint density at radius 2 is 1.76 bits per heavy atom. The van der Waals surface area contributed by atoms with Crippen LogP contribution in [0.3, 0.4) is 0 Å². The summed E-state index contributed by atoms with van der Waals surface area (Å²) in [6.07, 6.45) is 0. The highest BCUT2D eigenvalue weighted by Crippen LogP contribution is 2.26. The number of carbonyl (C=O) groups is 1. The largest absolute Gasteiger partial charge is 0.399 e. The van der Waals surface area contributed by atoms with E-state index < -0.39 is 0 Å². The van der Waals surface area contributed by atoms with E-state index in [9.17, 15) is 4.79 Å². The van der Waals surface area contributed by atoms with Crippen molar-refractivity contribution in [2.75, 3.05) is 11.1 Å². The zero-order valence-electron chi connectivity index (χ0n) is 12.5. The van der Waals surface area contributed by atoms with Crippen molar-refractivity contribution in [3.05, 3.63) is 53.6 Å². The van der Waals surface area contributed by atoms with Crippen molar-refractivity contribution in [1.29, 1.82) is 0 Å². The Balaban J connectivity index is 1.98. The van der Waals surface area contributed by atoms with Gasteiger partial charge in [-0.15, -0.1) is 11.8 Å². The minimum absolute atomic E-state index is 0.0111. The van der Waals surface area contributed by atoms with Crippen LogP contribution >= 0.6 is 11.8 Å². The van der Waals surface area contributed by atoms with Crippen LogP contribution in [0.4, 0.5) is 11.4 Å². The highest BCUT2D eigenvalue weighted by atomic mass is 32.2. The van der Waals surface area contributed by atoms with Crippen molar-refractivity contribution in [1.82, 2.24) is 0 Å². The molecule has 0 fully saturated rings. The first kappa shape index (κ1) is 15.4. The van der Waals surface area contributed by atoms with E-state index >= 15 is 0 Å². The van der Waals surface area contributed by atoms with Crippen LogP contribution in [0.2, 0.25) is 0 Å². The molecule has 0 aliphatic heterocycles. The zero-order valence-corrected chi connectivity index (χ0v) is 13.3. The molecule has 1 amide bonds. The minimum atomic E-state index is -0.162. The van der Waals surface area contributed by atoms with Gasteiger partial charge in [0.25, 0.3) is 0 Å². The van der Waals surface area contributed by atoms with E-state index in [1.54, 1.807) is 36.0 Å². The van der Waals surface area contributed by atoms with Gasteiger partial charge in [0.15, 0.2) is 0 Å². The Kier molecular flexibility index (Phi) is 4.91. The maximum Gasteiger partial charge on any atom is 0.237 e. The van der Waals surface area contributed by atoms with E-state index in [1.807, 2.05) is 6.92 Å². The van der Waals surface area contributed by atoms with E-state index in [1.165, 1.54) is 11.1 Å². The molecule has 110 valence electrons. The Labute approximate surface area is 129 Å². The number of nitrogens with two attached hydrogens (primary N) is 1. The molecule has 21 heavy (non-hydrogen) atoms. The standard InChI is InChI=1S/C17H20N2OS/c1-11-4-9-16(10-12(11)2)21-13(3)17(20)19-15-7-5-14(18)6-8-15/h4-10,13H,18H2,1-3H3,(H,19,20). The summed E-state index contributed by atoms with van der Waals surface area (Å²) in [5.74, 6) is -0.0111. The molecule has 0 saturated heterocycles. The number of anilines is 2. The van der Waals surface area contributed by atoms with E-state index in [-0.39, 0.29) is 11.2 Å². The summed E-state index contributed by atoms with van der Waals surface area (Å²) < 4.78 is 0. The lowest BCUT2D eigenvalue weighted by atomic mass is 10.1. The lowest BCUT2D eigenvalue weighted by Gasteiger charge is -2.13. The molecule has 3 N–H and O–H groups in total. The smallest absolute Gasteiger partial charge is 0.237 e. The second-order valence-corrected chi connectivity index (χ2v) is 6.53. The van der Waals surface area contributed by atoms with Crippen LogP contribution in [0.15, 0.2) is 47.4 Å². The van der Waals surface area contributed by atoms with Gasteiger partial charge in [-0.3, -0.25) is 4.79 Å². The van der Waals surface area contributed by atoms with Gasteiger partial charge in [-0.05, 0) is 68.3 Å². The van der Waals surface area contributed by atoms with Crippen molar-refractivity contribution >= 4 is 29.0 Å². The number of hydrogen-bond donors (Lipinski definition) is 2. The molecule has 1 unspecified atom stereocenters. The SMILES string of the molecule is Cc1ccc(SC(C)C(=O)Nc2ccc(N)cc2)cc1C. The van der Waals surface area contributed by atoms with Gasteiger partial charge in [-0.25, -0.2) is 0 Å². The van der Waals surface area contributed by atoms with Gasteiger partial charge >= 0.3 is 0 Å². The fourth-order valence-corrected chi connectivity index (χ4v) is 2.82. The fourth-order valence-electron chi connectivity index (χ4n) is 1.86. The van der Waals surface area contributed by atoms with Crippen LogP contribution in [-0.2, 0) is 4.79 Å². The maximum absolute atomic E-state index is 12.2. The first-order valence-corrected chi connectivity index (χ1v) is 7.74. The lowest BCUT2D eigenvalue weighted by molar-refractivity contribution is -0.115. The van der Waals surface area contributed by atoms with Crippen LogP contribution < -0.4 is 11.1 Å². The van der Waals surface area contributed by atoms with E-state index in [2.05, 4.69) is 37.4 Å². The van der Waals surface area contributed by atoms with Crippen LogP contribution in [-0.4, -0.2) is 11.2 Å². The van der Waals surface area contributed by atoms with Crippen molar-refractivity contribution in [2.24, 2.45) is 0 Å². The molecule has 2 rings (SSSR count). The van der Waals surface area contributed by atoms with Gasteiger partial charge in [-0.2, -0.15) is 0 Å². The number of hydrogen-bond acceptors (Lipinski definition) is 3. The fraction of sp³-hybridized carbons (Fsp3) is 0.235. The molecule has 0 heterocycles. The number of carbonyl (C=O) groups excluding carboxylic acids is 1. The molecule has 0 bridgehead atoms. The third-order valence-corrected chi connectivity index (χ3v) is 4.43. The number of nitrogens with one attached hydrogen (secondary N) is 1. The number of rotatable bonds is 4. The maximum atomic E-state index is 12.2. The molecule has 2 aromatic rings. The van der Waals surface area contributed by atoms with Gasteiger partial charge in [0.2, 0.25) is 5.91 Å². The average molecular weight is 300 g/mol. The Morgan fingerprint density at radius 3 is 2.38 bits per heavy atom. The second-order valence-electron chi connectivity index (χ2n) is 5.12. The summed E-state index contributed by atoms with van der Waals surface area (Å²) in [7, 11) is 0. The van der Waals surface area contributed by atoms with Crippen molar-refractivity contribution < 1.29 is 4.79 Å². The molecule has 4 heteroatoms. The summed E-state index contributed by atoms with van der Waals surface area (Å²) >= 11 is 1.56. The van der Waals surface area contributed by atoms with Crippen molar-refractivity contribution in [3.63, 3.8) is 0 Å². The highest BCUT2D eigenvalue weighted by molar-refractivity contribution is 8.00. The number of aryl methyl sites for hydroxylation is 2. The first-order valence-electron chi connectivity index (χ1n) is 6.86. The number of benzene rings is 2. The monoisotopic (exact) mass is 300 g/mol. The summed E-state index contributed by atoms with van der Waals surface area (Å²) in [5.41, 5.74) is 9.58. The quantitative estimate of drug-likeness (QED) is 0.662. The number of nitrogen functional groups attached to an aromatic ring is 1. The third kappa shape index (κ3) is 4.26. The van der Waals surface area contributed by atoms with Gasteiger partial charge in [0.1, 0.15) is 0 Å². The molecule has 0 radical (unpaired) electrons. The lowest BCUT2D eigenvalue weighted by Crippen LogP contribution is -2.22. The molecule has 0 aliphatic rings. The molecular weight excluding hydrogens is 280 g/mol. The summed E-state index contributed by atoms with van der Waals surface area (Å²) in [6, 6.07) is 13.4. The summed E-state index contributed by atoms with van der Waals surface area (Å²) in [6.45, 7) is 6.08. The summed E-state index contributed by atoms with van der Waals surface area (Å²) in [4.78, 5) is 13.3. The van der Waals surface area contributed by atoms with Crippen molar-refractivity contribution in [3.8, 4) is 0 Å². The molecule has 0 spiro atoms. The Morgan fingerprint density at radius 1 is 1.10 bits per heavy atom. The molecule has 3 nitrogen and oxygen atoms in total. The number of thioether (sulfide) groups is 1. The van der Waals surface area contributed by atoms with Crippen LogP contribution in [0.25, 0.3) is 0 Å². The van der Waals surface area contributed by atoms with Gasteiger partial charge in [0.05, 0.1) is 5.25 Å². The molecule has 1 atom stereocenters. The van der Waals surface area contributed by atoms with E-state index in [0.29, 0.717) is 5.69 Å². The molecule has 0 aliphatic carbocycles. The average Bonchev–Trinajstić information content (AvgIpc) is 2.45. The summed E-state index contributed by atoms with van der Waals surface area (Å²) in [5, 5.41) is 2.74. The predicted molar refractivity (Wildman–Crippen MR) is 90.7 cm³/mol. The third-order valence-electron chi connectivity index (χ3n) is 3.34. The highest BCUT2D eigenvalue weighted by Gasteiger charge is 2.14. The zero-order chi connectivity index (χ0) is 15.4. The van der Waals surface area contributed by atoms with Gasteiger partial charge < -0.3 is 11.1 Å². The predicted octanol–water partition coefficient (Wildman–Crippen LogP) is 4.00. The second kappa shape index (κ2) is 6.68. The van der Waals surface area contributed by atoms with Gasteiger partial charge in [0, 0.05) is 16.3 Å². The molecule has 0 saturated carbocycles. The molecule has 2 aromatic carbocycles. The van der Waals surface area contributed by atoms with Crippen LogP contribution in [0.5, 0.6) is 0 Å². The minimum Gasteiger partial charge on any atom is -0.399 e. The first-order chi connectivity index (χ1) is 9.95. The van der Waals surface area contributed by atoms with Crippen LogP contribution in [0.1, 0.15) is 18.1 Å². The Hall–Kier alpha value is -1.94.